The Bertz CT molecular complexity index is 126. The molecule has 0 saturated heterocycles. The molecule has 2 nitrogen and oxygen atoms in total. The Morgan fingerprint density at radius 2 is 1.73 bits per heavy atom. The molecule has 0 saturated carbocycles. The maximum atomic E-state index is 5.55. The van der Waals surface area contributed by atoms with Crippen molar-refractivity contribution in [3.05, 3.63) is 0 Å². The molecule has 1 atom stereocenters. The smallest absolute Gasteiger partial charge is 0.0466 e. The minimum absolute atomic E-state index is 0.657. The Hall–Kier alpha value is -0.0800. The lowest BCUT2D eigenvalue weighted by molar-refractivity contribution is 0.123. The zero-order chi connectivity index (χ0) is 11.5. The van der Waals surface area contributed by atoms with E-state index in [0.717, 1.165) is 25.7 Å². The minimum atomic E-state index is 0.657. The molecule has 0 amide bonds. The zero-order valence-electron chi connectivity index (χ0n) is 11.0. The van der Waals surface area contributed by atoms with Crippen molar-refractivity contribution in [1.29, 1.82) is 0 Å². The van der Waals surface area contributed by atoms with Crippen molar-refractivity contribution in [2.24, 2.45) is 5.92 Å². The Morgan fingerprint density at radius 1 is 1.07 bits per heavy atom. The quantitative estimate of drug-likeness (QED) is 0.565. The third-order valence-electron chi connectivity index (χ3n) is 2.72. The number of nitrogens with one attached hydrogen (secondary N) is 1. The van der Waals surface area contributed by atoms with Crippen molar-refractivity contribution in [1.82, 2.24) is 5.32 Å². The van der Waals surface area contributed by atoms with Crippen LogP contribution in [0.1, 0.15) is 53.4 Å². The van der Waals surface area contributed by atoms with Crippen LogP contribution in [0.2, 0.25) is 0 Å². The third-order valence-corrected chi connectivity index (χ3v) is 2.72. The maximum absolute atomic E-state index is 5.55. The molecule has 0 aliphatic carbocycles. The van der Waals surface area contributed by atoms with Crippen LogP contribution in [0.5, 0.6) is 0 Å². The highest BCUT2D eigenvalue weighted by Crippen LogP contribution is 2.08. The number of hydrogen-bond donors (Lipinski definition) is 1. The summed E-state index contributed by atoms with van der Waals surface area (Å²) in [6.07, 6.45) is 4.84. The fourth-order valence-corrected chi connectivity index (χ4v) is 1.69. The Balaban J connectivity index is 3.37. The summed E-state index contributed by atoms with van der Waals surface area (Å²) in [5, 5.41) is 3.53. The Morgan fingerprint density at radius 3 is 2.27 bits per heavy atom. The first-order valence-corrected chi connectivity index (χ1v) is 6.53. The van der Waals surface area contributed by atoms with Crippen LogP contribution in [0.3, 0.4) is 0 Å². The van der Waals surface area contributed by atoms with Gasteiger partial charge in [-0.25, -0.2) is 0 Å². The summed E-state index contributed by atoms with van der Waals surface area (Å²) in [6.45, 7) is 11.9. The largest absolute Gasteiger partial charge is 0.381 e. The highest BCUT2D eigenvalue weighted by atomic mass is 16.5. The van der Waals surface area contributed by atoms with Crippen molar-refractivity contribution < 1.29 is 4.74 Å². The Labute approximate surface area is 95.8 Å². The van der Waals surface area contributed by atoms with E-state index in [1.807, 2.05) is 0 Å². The third kappa shape index (κ3) is 8.88. The van der Waals surface area contributed by atoms with Gasteiger partial charge in [0.2, 0.25) is 0 Å². The topological polar surface area (TPSA) is 21.3 Å². The van der Waals surface area contributed by atoms with Crippen molar-refractivity contribution >= 4 is 0 Å². The van der Waals surface area contributed by atoms with Crippen LogP contribution in [0.4, 0.5) is 0 Å². The fourth-order valence-electron chi connectivity index (χ4n) is 1.69. The molecule has 0 radical (unpaired) electrons. The summed E-state index contributed by atoms with van der Waals surface area (Å²) in [5.41, 5.74) is 0. The molecule has 0 aromatic carbocycles. The molecule has 0 heterocycles. The van der Waals surface area contributed by atoms with E-state index in [9.17, 15) is 0 Å². The first-order valence-electron chi connectivity index (χ1n) is 6.53. The van der Waals surface area contributed by atoms with Gasteiger partial charge in [0.05, 0.1) is 0 Å². The molecule has 0 bridgehead atoms. The SMILES string of the molecule is CCCCOCCCC(NCC)C(C)C. The van der Waals surface area contributed by atoms with Gasteiger partial charge >= 0.3 is 0 Å². The van der Waals surface area contributed by atoms with Crippen LogP contribution >= 0.6 is 0 Å². The normalized spacial score (nSPS) is 13.4. The zero-order valence-corrected chi connectivity index (χ0v) is 11.0. The van der Waals surface area contributed by atoms with E-state index >= 15 is 0 Å². The molecule has 15 heavy (non-hydrogen) atoms. The van der Waals surface area contributed by atoms with Crippen molar-refractivity contribution in [3.63, 3.8) is 0 Å². The number of rotatable bonds is 10. The van der Waals surface area contributed by atoms with Gasteiger partial charge < -0.3 is 10.1 Å². The van der Waals surface area contributed by atoms with Crippen LogP contribution in [0, 0.1) is 5.92 Å². The number of ether oxygens (including phenoxy) is 1. The first-order chi connectivity index (χ1) is 7.22. The van der Waals surface area contributed by atoms with Crippen molar-refractivity contribution in [2.75, 3.05) is 19.8 Å². The lowest BCUT2D eigenvalue weighted by Crippen LogP contribution is -2.33. The van der Waals surface area contributed by atoms with Gasteiger partial charge in [-0.15, -0.1) is 0 Å². The van der Waals surface area contributed by atoms with Gasteiger partial charge in [0.15, 0.2) is 0 Å². The van der Waals surface area contributed by atoms with E-state index in [-0.39, 0.29) is 0 Å². The van der Waals surface area contributed by atoms with Gasteiger partial charge in [0, 0.05) is 19.3 Å². The highest BCUT2D eigenvalue weighted by molar-refractivity contribution is 4.69. The van der Waals surface area contributed by atoms with Crippen LogP contribution in [-0.4, -0.2) is 25.8 Å². The molecular weight excluding hydrogens is 186 g/mol. The molecule has 0 fully saturated rings. The molecular formula is C13H29NO. The molecule has 1 N–H and O–H groups in total. The highest BCUT2D eigenvalue weighted by Gasteiger charge is 2.10. The van der Waals surface area contributed by atoms with Gasteiger partial charge in [0.25, 0.3) is 0 Å². The second kappa shape index (κ2) is 10.4. The average molecular weight is 215 g/mol. The molecule has 0 rings (SSSR count). The lowest BCUT2D eigenvalue weighted by Gasteiger charge is -2.21. The van der Waals surface area contributed by atoms with Gasteiger partial charge in [0.1, 0.15) is 0 Å². The molecule has 0 aromatic rings. The molecule has 1 unspecified atom stereocenters. The van der Waals surface area contributed by atoms with Gasteiger partial charge in [-0.1, -0.05) is 34.1 Å². The molecule has 2 heteroatoms. The summed E-state index contributed by atoms with van der Waals surface area (Å²) in [6, 6.07) is 0.657. The van der Waals surface area contributed by atoms with Crippen LogP contribution < -0.4 is 5.32 Å². The average Bonchev–Trinajstić information content (AvgIpc) is 2.21. The molecule has 0 aliphatic rings. The van der Waals surface area contributed by atoms with E-state index in [4.69, 9.17) is 4.74 Å². The number of hydrogen-bond acceptors (Lipinski definition) is 2. The van der Waals surface area contributed by atoms with E-state index in [1.54, 1.807) is 0 Å². The van der Waals surface area contributed by atoms with E-state index in [1.165, 1.54) is 25.7 Å². The minimum Gasteiger partial charge on any atom is -0.381 e. The monoisotopic (exact) mass is 215 g/mol. The summed E-state index contributed by atoms with van der Waals surface area (Å²) >= 11 is 0. The first kappa shape index (κ1) is 14.9. The molecule has 0 aliphatic heterocycles. The van der Waals surface area contributed by atoms with Gasteiger partial charge in [-0.2, -0.15) is 0 Å². The second-order valence-electron chi connectivity index (χ2n) is 4.52. The maximum Gasteiger partial charge on any atom is 0.0466 e. The molecule has 0 spiro atoms. The van der Waals surface area contributed by atoms with Gasteiger partial charge in [-0.05, 0) is 31.7 Å². The second-order valence-corrected chi connectivity index (χ2v) is 4.52. The molecule has 92 valence electrons. The van der Waals surface area contributed by atoms with Crippen LogP contribution in [-0.2, 0) is 4.74 Å². The standard InChI is InChI=1S/C13H29NO/c1-5-7-10-15-11-8-9-13(12(3)4)14-6-2/h12-14H,5-11H2,1-4H3. The van der Waals surface area contributed by atoms with E-state index < -0.39 is 0 Å². The summed E-state index contributed by atoms with van der Waals surface area (Å²) < 4.78 is 5.55. The predicted octanol–water partition coefficient (Wildman–Crippen LogP) is 3.22. The predicted molar refractivity (Wildman–Crippen MR) is 67.3 cm³/mol. The summed E-state index contributed by atoms with van der Waals surface area (Å²) in [5.74, 6) is 0.723. The van der Waals surface area contributed by atoms with E-state index in [2.05, 4.69) is 33.0 Å². The number of unbranched alkanes of at least 4 members (excludes halogenated alkanes) is 1. The van der Waals surface area contributed by atoms with Crippen LogP contribution in [0.25, 0.3) is 0 Å². The summed E-state index contributed by atoms with van der Waals surface area (Å²) in [7, 11) is 0. The van der Waals surface area contributed by atoms with Crippen molar-refractivity contribution in [3.8, 4) is 0 Å². The Kier molecular flexibility index (Phi) is 10.4. The van der Waals surface area contributed by atoms with E-state index in [0.29, 0.717) is 6.04 Å². The van der Waals surface area contributed by atoms with Gasteiger partial charge in [-0.3, -0.25) is 0 Å². The summed E-state index contributed by atoms with van der Waals surface area (Å²) in [4.78, 5) is 0. The fraction of sp³-hybridized carbons (Fsp3) is 1.00. The van der Waals surface area contributed by atoms with Crippen LogP contribution in [0.15, 0.2) is 0 Å². The molecule has 0 aromatic heterocycles. The van der Waals surface area contributed by atoms with Crippen molar-refractivity contribution in [2.45, 2.75) is 59.4 Å². The lowest BCUT2D eigenvalue weighted by atomic mass is 9.99.